The highest BCUT2D eigenvalue weighted by Crippen LogP contribution is 2.79. The molecule has 0 radical (unpaired) electrons. The highest BCUT2D eigenvalue weighted by molar-refractivity contribution is 8.01. The van der Waals surface area contributed by atoms with Gasteiger partial charge < -0.3 is 14.2 Å². The van der Waals surface area contributed by atoms with Crippen molar-refractivity contribution in [1.29, 1.82) is 0 Å². The Labute approximate surface area is 127 Å². The van der Waals surface area contributed by atoms with Crippen molar-refractivity contribution in [2.75, 3.05) is 0 Å². The molecule has 0 aromatic heterocycles. The van der Waals surface area contributed by atoms with Gasteiger partial charge in [-0.2, -0.15) is 0 Å². The summed E-state index contributed by atoms with van der Waals surface area (Å²) in [5.74, 6) is -0.546. The van der Waals surface area contributed by atoms with Gasteiger partial charge in [-0.1, -0.05) is 34.6 Å². The zero-order chi connectivity index (χ0) is 15.1. The van der Waals surface area contributed by atoms with E-state index in [2.05, 4.69) is 55.4 Å². The summed E-state index contributed by atoms with van der Waals surface area (Å²) in [6.07, 6.45) is 0.534. The standard InChI is InChI=1S/C16H28O3S/c1-9-10(2)18-15(17-9)13(5,6)16(14(15,7)8)19-11(3)12(4)20-16/h9-12H,1-8H3/t9-,10+,11-,12+,15?,16?/m0/s1. The maximum atomic E-state index is 6.49. The molecule has 1 aliphatic carbocycles. The van der Waals surface area contributed by atoms with Crippen LogP contribution in [0.5, 0.6) is 0 Å². The van der Waals surface area contributed by atoms with Crippen LogP contribution in [0.1, 0.15) is 55.4 Å². The van der Waals surface area contributed by atoms with Crippen molar-refractivity contribution in [2.24, 2.45) is 10.8 Å². The lowest BCUT2D eigenvalue weighted by molar-refractivity contribution is -0.434. The quantitative estimate of drug-likeness (QED) is 0.680. The highest BCUT2D eigenvalue weighted by atomic mass is 32.2. The van der Waals surface area contributed by atoms with Crippen molar-refractivity contribution >= 4 is 11.8 Å². The first-order valence-electron chi connectivity index (χ1n) is 7.74. The molecule has 2 heterocycles. The first-order chi connectivity index (χ1) is 9.02. The van der Waals surface area contributed by atoms with Crippen LogP contribution in [0.4, 0.5) is 0 Å². The summed E-state index contributed by atoms with van der Waals surface area (Å²) in [5.41, 5.74) is -0.349. The molecular weight excluding hydrogens is 272 g/mol. The fourth-order valence-corrected chi connectivity index (χ4v) is 6.43. The van der Waals surface area contributed by atoms with Gasteiger partial charge in [0.05, 0.1) is 29.1 Å². The van der Waals surface area contributed by atoms with Gasteiger partial charge in [-0.25, -0.2) is 0 Å². The van der Waals surface area contributed by atoms with Crippen molar-refractivity contribution in [2.45, 2.75) is 89.7 Å². The Hall–Kier alpha value is 0.230. The van der Waals surface area contributed by atoms with Gasteiger partial charge in [-0.15, -0.1) is 11.8 Å². The SMILES string of the molecule is C[C@@H]1OC2(O[C@@H]1C)C(C)(C)C1(O[C@@H](C)[C@@H](C)S1)C2(C)C. The average molecular weight is 300 g/mol. The molecule has 1 saturated carbocycles. The lowest BCUT2D eigenvalue weighted by Gasteiger charge is -2.73. The smallest absolute Gasteiger partial charge is 0.186 e. The van der Waals surface area contributed by atoms with E-state index in [4.69, 9.17) is 14.2 Å². The Kier molecular flexibility index (Phi) is 2.99. The van der Waals surface area contributed by atoms with Crippen LogP contribution < -0.4 is 0 Å². The topological polar surface area (TPSA) is 27.7 Å². The third-order valence-electron chi connectivity index (χ3n) is 6.02. The molecule has 4 heteroatoms. The molecule has 0 aromatic rings. The Bertz CT molecular complexity index is 355. The summed E-state index contributed by atoms with van der Waals surface area (Å²) < 4.78 is 19.2. The summed E-state index contributed by atoms with van der Waals surface area (Å²) in [6, 6.07) is 0. The van der Waals surface area contributed by atoms with Crippen LogP contribution in [0.15, 0.2) is 0 Å². The number of ether oxygens (including phenoxy) is 3. The minimum Gasteiger partial charge on any atom is -0.359 e. The molecule has 2 saturated heterocycles. The van der Waals surface area contributed by atoms with Gasteiger partial charge in [-0.05, 0) is 20.8 Å². The summed E-state index contributed by atoms with van der Waals surface area (Å²) in [4.78, 5) is -0.234. The molecule has 0 amide bonds. The van der Waals surface area contributed by atoms with E-state index in [1.807, 2.05) is 11.8 Å². The third kappa shape index (κ3) is 1.31. The third-order valence-corrected chi connectivity index (χ3v) is 8.22. The monoisotopic (exact) mass is 300 g/mol. The first-order valence-corrected chi connectivity index (χ1v) is 8.62. The van der Waals surface area contributed by atoms with E-state index in [9.17, 15) is 0 Å². The van der Waals surface area contributed by atoms with E-state index in [1.165, 1.54) is 0 Å². The highest BCUT2D eigenvalue weighted by Gasteiger charge is 2.87. The molecule has 116 valence electrons. The molecule has 0 aromatic carbocycles. The molecule has 3 rings (SSSR count). The first kappa shape index (κ1) is 15.1. The molecule has 3 fully saturated rings. The largest absolute Gasteiger partial charge is 0.359 e. The maximum Gasteiger partial charge on any atom is 0.186 e. The van der Waals surface area contributed by atoms with Crippen LogP contribution in [0.3, 0.4) is 0 Å². The van der Waals surface area contributed by atoms with Gasteiger partial charge >= 0.3 is 0 Å². The Morgan fingerprint density at radius 3 is 1.50 bits per heavy atom. The summed E-state index contributed by atoms with van der Waals surface area (Å²) >= 11 is 1.96. The van der Waals surface area contributed by atoms with Gasteiger partial charge in [-0.3, -0.25) is 0 Å². The molecule has 4 atom stereocenters. The second-order valence-corrected chi connectivity index (χ2v) is 9.33. The van der Waals surface area contributed by atoms with E-state index in [1.54, 1.807) is 0 Å². The number of hydrogen-bond acceptors (Lipinski definition) is 4. The Morgan fingerprint density at radius 2 is 1.15 bits per heavy atom. The van der Waals surface area contributed by atoms with E-state index in [0.717, 1.165) is 0 Å². The van der Waals surface area contributed by atoms with E-state index >= 15 is 0 Å². The van der Waals surface area contributed by atoms with E-state index in [-0.39, 0.29) is 34.1 Å². The van der Waals surface area contributed by atoms with Gasteiger partial charge in [0, 0.05) is 5.25 Å². The molecule has 2 spiro atoms. The number of rotatable bonds is 0. The Balaban J connectivity index is 2.03. The molecule has 3 aliphatic rings. The predicted octanol–water partition coefficient (Wildman–Crippen LogP) is 3.81. The summed E-state index contributed by atoms with van der Waals surface area (Å²) in [6.45, 7) is 17.6. The minimum absolute atomic E-state index is 0.132. The zero-order valence-corrected chi connectivity index (χ0v) is 14.8. The van der Waals surface area contributed by atoms with Gasteiger partial charge in [0.2, 0.25) is 0 Å². The number of hydrogen-bond donors (Lipinski definition) is 0. The lowest BCUT2D eigenvalue weighted by Crippen LogP contribution is -2.83. The molecule has 2 aliphatic heterocycles. The second-order valence-electron chi connectivity index (χ2n) is 7.78. The van der Waals surface area contributed by atoms with Crippen molar-refractivity contribution in [1.82, 2.24) is 0 Å². The van der Waals surface area contributed by atoms with Crippen LogP contribution >= 0.6 is 11.8 Å². The predicted molar refractivity (Wildman–Crippen MR) is 81.7 cm³/mol. The van der Waals surface area contributed by atoms with Crippen molar-refractivity contribution < 1.29 is 14.2 Å². The summed E-state index contributed by atoms with van der Waals surface area (Å²) in [7, 11) is 0. The van der Waals surface area contributed by atoms with Crippen LogP contribution in [-0.2, 0) is 14.2 Å². The van der Waals surface area contributed by atoms with E-state index in [0.29, 0.717) is 5.25 Å². The molecule has 20 heavy (non-hydrogen) atoms. The average Bonchev–Trinajstić information content (AvgIpc) is 2.81. The van der Waals surface area contributed by atoms with Crippen LogP contribution in [-0.4, -0.2) is 34.3 Å². The lowest BCUT2D eigenvalue weighted by atomic mass is 9.47. The molecular formula is C16H28O3S. The van der Waals surface area contributed by atoms with Crippen LogP contribution in [0.2, 0.25) is 0 Å². The molecule has 3 nitrogen and oxygen atoms in total. The van der Waals surface area contributed by atoms with Gasteiger partial charge in [0.15, 0.2) is 5.79 Å². The Morgan fingerprint density at radius 1 is 0.700 bits per heavy atom. The molecule has 0 bridgehead atoms. The van der Waals surface area contributed by atoms with Crippen molar-refractivity contribution in [3.63, 3.8) is 0 Å². The van der Waals surface area contributed by atoms with Crippen molar-refractivity contribution in [3.8, 4) is 0 Å². The van der Waals surface area contributed by atoms with Gasteiger partial charge in [0.1, 0.15) is 4.93 Å². The normalized spacial score (nSPS) is 46.8. The van der Waals surface area contributed by atoms with E-state index < -0.39 is 5.79 Å². The fraction of sp³-hybridized carbons (Fsp3) is 1.00. The molecule has 0 unspecified atom stereocenters. The number of thioether (sulfide) groups is 1. The summed E-state index contributed by atoms with van der Waals surface area (Å²) in [5, 5.41) is 0.502. The van der Waals surface area contributed by atoms with Crippen molar-refractivity contribution in [3.05, 3.63) is 0 Å². The fourth-order valence-electron chi connectivity index (χ4n) is 4.60. The van der Waals surface area contributed by atoms with Crippen LogP contribution in [0, 0.1) is 10.8 Å². The van der Waals surface area contributed by atoms with Crippen LogP contribution in [0.25, 0.3) is 0 Å². The minimum atomic E-state index is -0.546. The molecule has 0 N–H and O–H groups in total. The second kappa shape index (κ2) is 3.95. The zero-order valence-electron chi connectivity index (χ0n) is 13.9. The van der Waals surface area contributed by atoms with Gasteiger partial charge in [0.25, 0.3) is 0 Å². The maximum absolute atomic E-state index is 6.49.